The van der Waals surface area contributed by atoms with Gasteiger partial charge >= 0.3 is 0 Å². The highest BCUT2D eigenvalue weighted by Crippen LogP contribution is 2.05. The number of nitrogens with zero attached hydrogens (tertiary/aromatic N) is 2. The van der Waals surface area contributed by atoms with Crippen molar-refractivity contribution in [3.63, 3.8) is 0 Å². The number of carbonyl (C=O) groups excluding carboxylic acids is 1. The molecule has 5 heteroatoms. The first-order chi connectivity index (χ1) is 9.58. The van der Waals surface area contributed by atoms with Gasteiger partial charge in [0.1, 0.15) is 5.69 Å². The zero-order valence-corrected chi connectivity index (χ0v) is 12.9. The number of nitrogens with one attached hydrogen (secondary N) is 2. The van der Waals surface area contributed by atoms with E-state index in [1.54, 1.807) is 12.3 Å². The zero-order valence-electron chi connectivity index (χ0n) is 12.9. The van der Waals surface area contributed by atoms with E-state index in [-0.39, 0.29) is 5.91 Å². The zero-order chi connectivity index (χ0) is 15.0. The van der Waals surface area contributed by atoms with Crippen molar-refractivity contribution in [3.05, 3.63) is 24.0 Å². The largest absolute Gasteiger partial charge is 0.384 e. The molecule has 1 aromatic heterocycles. The highest BCUT2D eigenvalue weighted by Gasteiger charge is 2.09. The van der Waals surface area contributed by atoms with Crippen LogP contribution in [0.5, 0.6) is 0 Å². The molecule has 1 heterocycles. The van der Waals surface area contributed by atoms with Gasteiger partial charge in [-0.2, -0.15) is 0 Å². The van der Waals surface area contributed by atoms with Crippen LogP contribution in [0, 0.1) is 0 Å². The van der Waals surface area contributed by atoms with Gasteiger partial charge in [-0.05, 0) is 39.4 Å². The van der Waals surface area contributed by atoms with Crippen LogP contribution < -0.4 is 10.6 Å². The number of amides is 1. The van der Waals surface area contributed by atoms with Gasteiger partial charge in [0.25, 0.3) is 5.91 Å². The molecule has 1 aromatic rings. The highest BCUT2D eigenvalue weighted by atomic mass is 16.1. The van der Waals surface area contributed by atoms with Crippen molar-refractivity contribution in [2.45, 2.75) is 33.2 Å². The number of hydrogen-bond acceptors (Lipinski definition) is 4. The molecule has 0 radical (unpaired) electrons. The predicted octanol–water partition coefficient (Wildman–Crippen LogP) is 1.97. The van der Waals surface area contributed by atoms with Crippen molar-refractivity contribution < 1.29 is 4.79 Å². The third kappa shape index (κ3) is 5.17. The Morgan fingerprint density at radius 1 is 1.40 bits per heavy atom. The first kappa shape index (κ1) is 16.4. The van der Waals surface area contributed by atoms with Crippen LogP contribution in [0.3, 0.4) is 0 Å². The van der Waals surface area contributed by atoms with Gasteiger partial charge in [-0.3, -0.25) is 4.79 Å². The van der Waals surface area contributed by atoms with Crippen LogP contribution in [0.2, 0.25) is 0 Å². The summed E-state index contributed by atoms with van der Waals surface area (Å²) in [4.78, 5) is 18.3. The molecule has 0 aromatic carbocycles. The Morgan fingerprint density at radius 2 is 2.15 bits per heavy atom. The summed E-state index contributed by atoms with van der Waals surface area (Å²) in [6.45, 7) is 8.69. The number of likely N-dealkylation sites (N-methyl/N-ethyl adjacent to an activating group) is 1. The molecule has 0 saturated heterocycles. The minimum atomic E-state index is -0.120. The molecule has 20 heavy (non-hydrogen) atoms. The molecule has 0 aliphatic heterocycles. The Bertz CT molecular complexity index is 405. The molecule has 112 valence electrons. The van der Waals surface area contributed by atoms with Crippen molar-refractivity contribution in [2.75, 3.05) is 32.0 Å². The number of carbonyl (C=O) groups is 1. The molecule has 1 amide bonds. The lowest BCUT2D eigenvalue weighted by Crippen LogP contribution is -2.37. The van der Waals surface area contributed by atoms with Gasteiger partial charge in [0.05, 0.1) is 11.9 Å². The maximum absolute atomic E-state index is 11.9. The first-order valence-corrected chi connectivity index (χ1v) is 7.26. The molecule has 0 aliphatic rings. The Morgan fingerprint density at radius 3 is 2.70 bits per heavy atom. The topological polar surface area (TPSA) is 57.3 Å². The Balaban J connectivity index is 2.39. The summed E-state index contributed by atoms with van der Waals surface area (Å²) in [5, 5.41) is 6.05. The summed E-state index contributed by atoms with van der Waals surface area (Å²) in [6.07, 6.45) is 2.79. The van der Waals surface area contributed by atoms with E-state index in [1.807, 2.05) is 13.0 Å². The maximum atomic E-state index is 11.9. The van der Waals surface area contributed by atoms with Gasteiger partial charge in [-0.15, -0.1) is 0 Å². The molecule has 0 saturated carbocycles. The summed E-state index contributed by atoms with van der Waals surface area (Å²) >= 11 is 0. The molecule has 0 aliphatic carbocycles. The average molecular weight is 278 g/mol. The van der Waals surface area contributed by atoms with Crippen molar-refractivity contribution in [1.82, 2.24) is 15.2 Å². The van der Waals surface area contributed by atoms with Crippen molar-refractivity contribution >= 4 is 11.6 Å². The summed E-state index contributed by atoms with van der Waals surface area (Å²) in [5.74, 6) is -0.120. The SMILES string of the molecule is CCNc1ccc(C(=O)NCCN(C)C(C)CC)nc1. The average Bonchev–Trinajstić information content (AvgIpc) is 2.47. The molecule has 1 atom stereocenters. The molecule has 0 fully saturated rings. The number of pyridine rings is 1. The van der Waals surface area contributed by atoms with E-state index in [0.717, 1.165) is 25.2 Å². The smallest absolute Gasteiger partial charge is 0.269 e. The van der Waals surface area contributed by atoms with Gasteiger partial charge in [-0.25, -0.2) is 4.98 Å². The summed E-state index contributed by atoms with van der Waals surface area (Å²) < 4.78 is 0. The normalized spacial score (nSPS) is 12.2. The second-order valence-corrected chi connectivity index (χ2v) is 4.96. The monoisotopic (exact) mass is 278 g/mol. The van der Waals surface area contributed by atoms with Crippen LogP contribution in [-0.2, 0) is 0 Å². The van der Waals surface area contributed by atoms with Gasteiger partial charge in [0.2, 0.25) is 0 Å². The minimum Gasteiger partial charge on any atom is -0.384 e. The van der Waals surface area contributed by atoms with Crippen LogP contribution in [0.4, 0.5) is 5.69 Å². The number of hydrogen-bond donors (Lipinski definition) is 2. The lowest BCUT2D eigenvalue weighted by molar-refractivity contribution is 0.0942. The standard InChI is InChI=1S/C15H26N4O/c1-5-12(3)19(4)10-9-17-15(20)14-8-7-13(11-18-14)16-6-2/h7-8,11-12,16H,5-6,9-10H2,1-4H3,(H,17,20). The van der Waals surface area contributed by atoms with Crippen LogP contribution in [0.25, 0.3) is 0 Å². The molecule has 2 N–H and O–H groups in total. The Labute approximate surface area is 121 Å². The number of rotatable bonds is 8. The number of aromatic nitrogens is 1. The summed E-state index contributed by atoms with van der Waals surface area (Å²) in [5.41, 5.74) is 1.39. The van der Waals surface area contributed by atoms with E-state index in [1.165, 1.54) is 0 Å². The molecule has 0 spiro atoms. The highest BCUT2D eigenvalue weighted by molar-refractivity contribution is 5.92. The fraction of sp³-hybridized carbons (Fsp3) is 0.600. The molecular formula is C15H26N4O. The van der Waals surface area contributed by atoms with E-state index in [0.29, 0.717) is 18.3 Å². The second-order valence-electron chi connectivity index (χ2n) is 4.96. The molecule has 1 unspecified atom stereocenters. The van der Waals surface area contributed by atoms with E-state index >= 15 is 0 Å². The van der Waals surface area contributed by atoms with Crippen molar-refractivity contribution in [2.24, 2.45) is 0 Å². The third-order valence-electron chi connectivity index (χ3n) is 3.47. The van der Waals surface area contributed by atoms with Crippen LogP contribution in [-0.4, -0.2) is 48.5 Å². The second kappa shape index (κ2) is 8.53. The molecular weight excluding hydrogens is 252 g/mol. The third-order valence-corrected chi connectivity index (χ3v) is 3.47. The summed E-state index contributed by atoms with van der Waals surface area (Å²) in [7, 11) is 2.07. The fourth-order valence-corrected chi connectivity index (χ4v) is 1.81. The van der Waals surface area contributed by atoms with Crippen molar-refractivity contribution in [1.29, 1.82) is 0 Å². The summed E-state index contributed by atoms with van der Waals surface area (Å²) in [6, 6.07) is 4.15. The van der Waals surface area contributed by atoms with Crippen molar-refractivity contribution in [3.8, 4) is 0 Å². The lowest BCUT2D eigenvalue weighted by Gasteiger charge is -2.23. The fourth-order valence-electron chi connectivity index (χ4n) is 1.81. The van der Waals surface area contributed by atoms with Gasteiger partial charge in [0.15, 0.2) is 0 Å². The number of anilines is 1. The lowest BCUT2D eigenvalue weighted by atomic mass is 10.2. The van der Waals surface area contributed by atoms with E-state index < -0.39 is 0 Å². The maximum Gasteiger partial charge on any atom is 0.269 e. The Hall–Kier alpha value is -1.62. The quantitative estimate of drug-likeness (QED) is 0.763. The Kier molecular flexibility index (Phi) is 7.01. The molecule has 5 nitrogen and oxygen atoms in total. The van der Waals surface area contributed by atoms with E-state index in [9.17, 15) is 4.79 Å². The van der Waals surface area contributed by atoms with Gasteiger partial charge < -0.3 is 15.5 Å². The molecule has 1 rings (SSSR count). The van der Waals surface area contributed by atoms with Gasteiger partial charge in [-0.1, -0.05) is 6.92 Å². The van der Waals surface area contributed by atoms with E-state index in [2.05, 4.69) is 41.4 Å². The van der Waals surface area contributed by atoms with Crippen LogP contribution in [0.1, 0.15) is 37.7 Å². The van der Waals surface area contributed by atoms with Gasteiger partial charge in [0, 0.05) is 25.7 Å². The van der Waals surface area contributed by atoms with Crippen LogP contribution in [0.15, 0.2) is 18.3 Å². The minimum absolute atomic E-state index is 0.120. The first-order valence-electron chi connectivity index (χ1n) is 7.26. The predicted molar refractivity (Wildman–Crippen MR) is 83.1 cm³/mol. The van der Waals surface area contributed by atoms with E-state index in [4.69, 9.17) is 0 Å². The van der Waals surface area contributed by atoms with Crippen LogP contribution >= 0.6 is 0 Å². The molecule has 0 bridgehead atoms.